The molecule has 17 heavy (non-hydrogen) atoms. The van der Waals surface area contributed by atoms with Crippen molar-refractivity contribution in [3.63, 3.8) is 0 Å². The molecule has 0 rings (SSSR count). The zero-order valence-electron chi connectivity index (χ0n) is 10.9. The molecule has 0 aliphatic carbocycles. The molecule has 6 heteroatoms. The van der Waals surface area contributed by atoms with Gasteiger partial charge in [0.2, 0.25) is 5.91 Å². The fourth-order valence-electron chi connectivity index (χ4n) is 1.55. The molecule has 0 saturated heterocycles. The number of methoxy groups -OCH3 is 1. The molecule has 0 fully saturated rings. The van der Waals surface area contributed by atoms with E-state index in [0.717, 1.165) is 6.42 Å². The van der Waals surface area contributed by atoms with Crippen LogP contribution in [0.1, 0.15) is 19.8 Å². The molecule has 1 unspecified atom stereocenters. The van der Waals surface area contributed by atoms with E-state index in [4.69, 9.17) is 22.7 Å². The number of hydrogen-bond acceptors (Lipinski definition) is 4. The Hall–Kier alpha value is -0.720. The number of likely N-dealkylation sites (N-methyl/N-ethyl adjacent to an activating group) is 1. The molecule has 1 amide bonds. The molecule has 0 aliphatic rings. The van der Waals surface area contributed by atoms with Gasteiger partial charge in [0.25, 0.3) is 0 Å². The van der Waals surface area contributed by atoms with Crippen LogP contribution in [0.5, 0.6) is 0 Å². The van der Waals surface area contributed by atoms with E-state index in [2.05, 4.69) is 12.2 Å². The summed E-state index contributed by atoms with van der Waals surface area (Å²) in [6.45, 7) is 3.47. The van der Waals surface area contributed by atoms with E-state index in [0.29, 0.717) is 31.1 Å². The summed E-state index contributed by atoms with van der Waals surface area (Å²) in [4.78, 5) is 14.0. The fourth-order valence-corrected chi connectivity index (χ4v) is 1.74. The van der Waals surface area contributed by atoms with Gasteiger partial charge in [-0.25, -0.2) is 0 Å². The first-order chi connectivity index (χ1) is 8.01. The third kappa shape index (κ3) is 8.06. The van der Waals surface area contributed by atoms with Gasteiger partial charge >= 0.3 is 0 Å². The third-order valence-electron chi connectivity index (χ3n) is 2.55. The van der Waals surface area contributed by atoms with Crippen LogP contribution in [-0.2, 0) is 9.53 Å². The maximum absolute atomic E-state index is 11.6. The molecule has 0 spiro atoms. The quantitative estimate of drug-likeness (QED) is 0.456. The van der Waals surface area contributed by atoms with Crippen LogP contribution < -0.4 is 11.1 Å². The summed E-state index contributed by atoms with van der Waals surface area (Å²) < 4.78 is 4.86. The first-order valence-electron chi connectivity index (χ1n) is 5.75. The van der Waals surface area contributed by atoms with Crippen molar-refractivity contribution in [1.82, 2.24) is 10.2 Å². The monoisotopic (exact) mass is 261 g/mol. The summed E-state index contributed by atoms with van der Waals surface area (Å²) in [6, 6.07) is 0.223. The van der Waals surface area contributed by atoms with Crippen LogP contribution in [0.3, 0.4) is 0 Å². The largest absolute Gasteiger partial charge is 0.393 e. The van der Waals surface area contributed by atoms with Gasteiger partial charge in [0.15, 0.2) is 0 Å². The number of carbonyl (C=O) groups excluding carboxylic acids is 1. The first-order valence-corrected chi connectivity index (χ1v) is 6.16. The van der Waals surface area contributed by atoms with Crippen LogP contribution in [0, 0.1) is 0 Å². The predicted molar refractivity (Wildman–Crippen MR) is 73.0 cm³/mol. The maximum atomic E-state index is 11.6. The molecular weight excluding hydrogens is 238 g/mol. The van der Waals surface area contributed by atoms with E-state index in [1.807, 2.05) is 11.9 Å². The second-order valence-electron chi connectivity index (χ2n) is 3.99. The van der Waals surface area contributed by atoms with Gasteiger partial charge in [-0.05, 0) is 13.5 Å². The predicted octanol–water partition coefficient (Wildman–Crippen LogP) is 0.136. The minimum Gasteiger partial charge on any atom is -0.393 e. The number of thiocarbonyl (C=S) groups is 1. The normalized spacial score (nSPS) is 12.5. The van der Waals surface area contributed by atoms with Crippen molar-refractivity contribution < 1.29 is 9.53 Å². The molecular formula is C11H23N3O2S. The fraction of sp³-hybridized carbons (Fsp3) is 0.818. The van der Waals surface area contributed by atoms with Gasteiger partial charge in [-0.1, -0.05) is 19.1 Å². The molecule has 3 N–H and O–H groups in total. The van der Waals surface area contributed by atoms with Crippen molar-refractivity contribution in [2.75, 3.05) is 33.9 Å². The lowest BCUT2D eigenvalue weighted by Crippen LogP contribution is -2.42. The van der Waals surface area contributed by atoms with Crippen LogP contribution in [0.4, 0.5) is 0 Å². The van der Waals surface area contributed by atoms with Gasteiger partial charge in [0.05, 0.1) is 18.1 Å². The number of nitrogens with zero attached hydrogens (tertiary/aromatic N) is 1. The van der Waals surface area contributed by atoms with E-state index in [1.165, 1.54) is 0 Å². The van der Waals surface area contributed by atoms with Gasteiger partial charge in [-0.15, -0.1) is 0 Å². The summed E-state index contributed by atoms with van der Waals surface area (Å²) in [6.07, 6.45) is 1.56. The molecule has 0 saturated carbocycles. The SMILES string of the molecule is CCC(CC(N)=S)N(C)CC(=O)NCCOC. The number of hydrogen-bond donors (Lipinski definition) is 2. The highest BCUT2D eigenvalue weighted by Gasteiger charge is 2.16. The van der Waals surface area contributed by atoms with E-state index < -0.39 is 0 Å². The van der Waals surface area contributed by atoms with E-state index >= 15 is 0 Å². The summed E-state index contributed by atoms with van der Waals surface area (Å²) >= 11 is 4.89. The van der Waals surface area contributed by atoms with Gasteiger partial charge in [-0.2, -0.15) is 0 Å². The van der Waals surface area contributed by atoms with Crippen molar-refractivity contribution in [2.24, 2.45) is 5.73 Å². The number of amides is 1. The van der Waals surface area contributed by atoms with Crippen molar-refractivity contribution in [1.29, 1.82) is 0 Å². The van der Waals surface area contributed by atoms with Gasteiger partial charge in [0, 0.05) is 26.1 Å². The Labute approximate surface area is 109 Å². The van der Waals surface area contributed by atoms with E-state index in [-0.39, 0.29) is 11.9 Å². The molecule has 0 aromatic heterocycles. The summed E-state index contributed by atoms with van der Waals surface area (Å²) in [5, 5.41) is 2.78. The van der Waals surface area contributed by atoms with Gasteiger partial charge in [0.1, 0.15) is 0 Å². The highest BCUT2D eigenvalue weighted by molar-refractivity contribution is 7.80. The minimum atomic E-state index is -0.00839. The Kier molecular flexibility index (Phi) is 8.93. The summed E-state index contributed by atoms with van der Waals surface area (Å²) in [7, 11) is 3.51. The zero-order valence-corrected chi connectivity index (χ0v) is 11.7. The number of carbonyl (C=O) groups is 1. The van der Waals surface area contributed by atoms with Gasteiger partial charge in [-0.3, -0.25) is 9.69 Å². The average Bonchev–Trinajstić information content (AvgIpc) is 2.25. The molecule has 0 aromatic carbocycles. The standard InChI is InChI=1S/C11H23N3O2S/c1-4-9(7-10(12)17)14(2)8-11(15)13-5-6-16-3/h9H,4-8H2,1-3H3,(H2,12,17)(H,13,15). The molecule has 100 valence electrons. The number of nitrogens with one attached hydrogen (secondary N) is 1. The second-order valence-corrected chi connectivity index (χ2v) is 4.51. The first kappa shape index (κ1) is 16.3. The Morgan fingerprint density at radius 1 is 1.59 bits per heavy atom. The lowest BCUT2D eigenvalue weighted by Gasteiger charge is -2.26. The number of nitrogens with two attached hydrogens (primary N) is 1. The molecule has 0 aromatic rings. The lowest BCUT2D eigenvalue weighted by molar-refractivity contribution is -0.122. The van der Waals surface area contributed by atoms with Crippen molar-refractivity contribution >= 4 is 23.1 Å². The Morgan fingerprint density at radius 2 is 2.24 bits per heavy atom. The van der Waals surface area contributed by atoms with Crippen molar-refractivity contribution in [2.45, 2.75) is 25.8 Å². The molecule has 0 aliphatic heterocycles. The van der Waals surface area contributed by atoms with Crippen LogP contribution in [0.25, 0.3) is 0 Å². The average molecular weight is 261 g/mol. The smallest absolute Gasteiger partial charge is 0.234 e. The molecule has 0 radical (unpaired) electrons. The molecule has 0 bridgehead atoms. The highest BCUT2D eigenvalue weighted by atomic mass is 32.1. The highest BCUT2D eigenvalue weighted by Crippen LogP contribution is 2.06. The molecule has 0 heterocycles. The number of ether oxygens (including phenoxy) is 1. The Morgan fingerprint density at radius 3 is 2.71 bits per heavy atom. The van der Waals surface area contributed by atoms with Crippen LogP contribution in [0.15, 0.2) is 0 Å². The van der Waals surface area contributed by atoms with E-state index in [9.17, 15) is 4.79 Å². The summed E-state index contributed by atoms with van der Waals surface area (Å²) in [5.74, 6) is -0.00839. The topological polar surface area (TPSA) is 67.6 Å². The van der Waals surface area contributed by atoms with E-state index in [1.54, 1.807) is 7.11 Å². The van der Waals surface area contributed by atoms with Crippen molar-refractivity contribution in [3.8, 4) is 0 Å². The summed E-state index contributed by atoms with van der Waals surface area (Å²) in [5.41, 5.74) is 5.52. The van der Waals surface area contributed by atoms with Gasteiger partial charge < -0.3 is 15.8 Å². The minimum absolute atomic E-state index is 0.00839. The van der Waals surface area contributed by atoms with Crippen LogP contribution in [0.2, 0.25) is 0 Å². The molecule has 1 atom stereocenters. The zero-order chi connectivity index (χ0) is 13.3. The second kappa shape index (κ2) is 9.32. The lowest BCUT2D eigenvalue weighted by atomic mass is 10.1. The molecule has 5 nitrogen and oxygen atoms in total. The number of rotatable bonds is 9. The van der Waals surface area contributed by atoms with Crippen LogP contribution in [-0.4, -0.2) is 55.7 Å². The Balaban J connectivity index is 3.98. The Bertz CT molecular complexity index is 249. The third-order valence-corrected chi connectivity index (χ3v) is 2.72. The maximum Gasteiger partial charge on any atom is 0.234 e. The van der Waals surface area contributed by atoms with Crippen LogP contribution >= 0.6 is 12.2 Å². The van der Waals surface area contributed by atoms with Crippen molar-refractivity contribution in [3.05, 3.63) is 0 Å².